The van der Waals surface area contributed by atoms with E-state index in [0.717, 1.165) is 36.7 Å². The molecule has 7 nitrogen and oxygen atoms in total. The molecule has 0 amide bonds. The van der Waals surface area contributed by atoms with Gasteiger partial charge >= 0.3 is 0 Å². The Morgan fingerprint density at radius 2 is 1.91 bits per heavy atom. The van der Waals surface area contributed by atoms with Gasteiger partial charge in [0.05, 0.1) is 40.8 Å². The van der Waals surface area contributed by atoms with E-state index in [2.05, 4.69) is 41.2 Å². The van der Waals surface area contributed by atoms with E-state index in [0.29, 0.717) is 19.3 Å². The number of hydrogen-bond donors (Lipinski definition) is 4. The average Bonchev–Trinajstić information content (AvgIpc) is 3.52. The van der Waals surface area contributed by atoms with Crippen LogP contribution >= 0.6 is 0 Å². The number of aromatic nitrogens is 2. The van der Waals surface area contributed by atoms with E-state index in [4.69, 9.17) is 4.74 Å². The second-order valence-corrected chi connectivity index (χ2v) is 12.6. The van der Waals surface area contributed by atoms with Crippen LogP contribution in [0, 0.1) is 17.3 Å². The lowest BCUT2D eigenvalue weighted by Crippen LogP contribution is -2.73. The van der Waals surface area contributed by atoms with Gasteiger partial charge in [-0.1, -0.05) is 19.1 Å². The highest BCUT2D eigenvalue weighted by molar-refractivity contribution is 5.83. The zero-order valence-corrected chi connectivity index (χ0v) is 20.9. The summed E-state index contributed by atoms with van der Waals surface area (Å²) in [6.45, 7) is 2.37. The van der Waals surface area contributed by atoms with Gasteiger partial charge in [0.1, 0.15) is 5.60 Å². The minimum Gasteiger partial charge on any atom is -0.390 e. The standard InChI is InChI=1S/C28H37N3O4/c1-25-8-10-27(34)13-18-23(32)24(33)21(31(2)3)14-26(18)9-11-28(27,35-26)22(25)7-5-17(25)16-4-6-19-20(12-16)30-15-29-19/h4-6,12,15,18,21-24,32-34H,7-11,13-14H2,1-3H3,(H,29,30)/t18?,21-,22?,23+,24+,25+,26+,27?,28-/m0/s1. The van der Waals surface area contributed by atoms with Crippen molar-refractivity contribution in [2.45, 2.75) is 86.9 Å². The van der Waals surface area contributed by atoms with E-state index in [-0.39, 0.29) is 23.3 Å². The Balaban J connectivity index is 1.28. The molecular weight excluding hydrogens is 442 g/mol. The van der Waals surface area contributed by atoms with Crippen molar-refractivity contribution in [1.82, 2.24) is 14.9 Å². The zero-order valence-electron chi connectivity index (χ0n) is 20.9. The maximum absolute atomic E-state index is 12.3. The summed E-state index contributed by atoms with van der Waals surface area (Å²) in [6.07, 6.45) is 7.66. The van der Waals surface area contributed by atoms with Crippen molar-refractivity contribution in [3.63, 3.8) is 0 Å². The third-order valence-electron chi connectivity index (χ3n) is 11.0. The average molecular weight is 480 g/mol. The summed E-state index contributed by atoms with van der Waals surface area (Å²) < 4.78 is 7.21. The highest BCUT2D eigenvalue weighted by Gasteiger charge is 2.76. The van der Waals surface area contributed by atoms with Gasteiger partial charge in [-0.15, -0.1) is 0 Å². The fourth-order valence-electron chi connectivity index (χ4n) is 9.16. The van der Waals surface area contributed by atoms with E-state index in [1.807, 2.05) is 19.0 Å². The number of hydrogen-bond acceptors (Lipinski definition) is 6. The van der Waals surface area contributed by atoms with Crippen molar-refractivity contribution in [2.75, 3.05) is 14.1 Å². The molecule has 7 heteroatoms. The Labute approximate surface area is 206 Å². The Morgan fingerprint density at radius 3 is 2.71 bits per heavy atom. The summed E-state index contributed by atoms with van der Waals surface area (Å²) in [4.78, 5) is 9.63. The van der Waals surface area contributed by atoms with Crippen LogP contribution in [-0.2, 0) is 4.74 Å². The molecule has 2 aliphatic heterocycles. The van der Waals surface area contributed by atoms with Crippen molar-refractivity contribution in [3.8, 4) is 0 Å². The number of likely N-dealkylation sites (N-methyl/N-ethyl adjacent to an activating group) is 1. The fraction of sp³-hybridized carbons (Fsp3) is 0.679. The fourth-order valence-corrected chi connectivity index (χ4v) is 9.16. The van der Waals surface area contributed by atoms with Crippen LogP contribution in [0.4, 0.5) is 0 Å². The van der Waals surface area contributed by atoms with Gasteiger partial charge < -0.3 is 29.9 Å². The summed E-state index contributed by atoms with van der Waals surface area (Å²) in [5, 5.41) is 34.4. The molecule has 3 unspecified atom stereocenters. The first-order valence-corrected chi connectivity index (χ1v) is 13.2. The van der Waals surface area contributed by atoms with E-state index in [1.165, 1.54) is 11.1 Å². The SMILES string of the molecule is CN(C)[C@H]1C[C@@]23CC[C@]4(O2)C2CC=C(c5ccc6nc[nH]c6c5)[C@@]2(C)CCC4(O)CC3[C@@H](O)[C@@H]1O. The molecule has 4 N–H and O–H groups in total. The minimum atomic E-state index is -0.982. The summed E-state index contributed by atoms with van der Waals surface area (Å²) in [7, 11) is 3.92. The molecule has 0 radical (unpaired) electrons. The molecule has 1 aromatic heterocycles. The lowest BCUT2D eigenvalue weighted by molar-refractivity contribution is -0.331. The lowest BCUT2D eigenvalue weighted by Gasteiger charge is -2.65. The second-order valence-electron chi connectivity index (χ2n) is 12.6. The third kappa shape index (κ3) is 2.66. The molecule has 3 heterocycles. The Bertz CT molecular complexity index is 1230. The number of aliphatic hydroxyl groups is 3. The monoisotopic (exact) mass is 479 g/mol. The number of ether oxygens (including phenoxy) is 1. The molecule has 2 saturated carbocycles. The van der Waals surface area contributed by atoms with Crippen molar-refractivity contribution in [3.05, 3.63) is 36.2 Å². The molecule has 35 heavy (non-hydrogen) atoms. The van der Waals surface area contributed by atoms with Gasteiger partial charge in [-0.05, 0) is 87.7 Å². The molecule has 4 fully saturated rings. The van der Waals surface area contributed by atoms with E-state index >= 15 is 0 Å². The van der Waals surface area contributed by atoms with Gasteiger partial charge in [-0.3, -0.25) is 0 Å². The number of nitrogens with zero attached hydrogens (tertiary/aromatic N) is 2. The first-order valence-electron chi connectivity index (χ1n) is 13.2. The third-order valence-corrected chi connectivity index (χ3v) is 11.0. The molecule has 2 spiro atoms. The molecule has 2 aromatic rings. The molecule has 5 aliphatic rings. The van der Waals surface area contributed by atoms with Gasteiger partial charge in [0, 0.05) is 17.9 Å². The molecular formula is C28H37N3O4. The van der Waals surface area contributed by atoms with Crippen LogP contribution in [0.1, 0.15) is 57.4 Å². The van der Waals surface area contributed by atoms with E-state index in [1.54, 1.807) is 6.33 Å². The number of nitrogens with one attached hydrogen (secondary N) is 1. The number of imidazole rings is 1. The molecule has 2 bridgehead atoms. The molecule has 3 aliphatic carbocycles. The molecule has 1 aromatic carbocycles. The highest BCUT2D eigenvalue weighted by atomic mass is 16.6. The van der Waals surface area contributed by atoms with Crippen molar-refractivity contribution >= 4 is 16.6 Å². The summed E-state index contributed by atoms with van der Waals surface area (Å²) >= 11 is 0. The number of fused-ring (bicyclic) bond motifs is 2. The molecule has 188 valence electrons. The summed E-state index contributed by atoms with van der Waals surface area (Å²) in [5.74, 6) is -0.0568. The minimum absolute atomic E-state index is 0.0912. The van der Waals surface area contributed by atoms with Gasteiger partial charge in [-0.2, -0.15) is 0 Å². The van der Waals surface area contributed by atoms with Crippen LogP contribution in [0.25, 0.3) is 16.6 Å². The first-order chi connectivity index (χ1) is 16.6. The van der Waals surface area contributed by atoms with Gasteiger partial charge in [0.15, 0.2) is 0 Å². The van der Waals surface area contributed by atoms with Crippen molar-refractivity contribution in [2.24, 2.45) is 17.3 Å². The van der Waals surface area contributed by atoms with Crippen LogP contribution in [0.5, 0.6) is 0 Å². The van der Waals surface area contributed by atoms with Crippen LogP contribution in [-0.4, -0.2) is 79.3 Å². The maximum atomic E-state index is 12.3. The van der Waals surface area contributed by atoms with Gasteiger partial charge in [0.2, 0.25) is 0 Å². The number of benzene rings is 1. The Kier molecular flexibility index (Phi) is 4.46. The van der Waals surface area contributed by atoms with Crippen LogP contribution in [0.3, 0.4) is 0 Å². The van der Waals surface area contributed by atoms with E-state index < -0.39 is 29.0 Å². The molecule has 7 rings (SSSR count). The predicted octanol–water partition coefficient (Wildman–Crippen LogP) is 2.86. The van der Waals surface area contributed by atoms with Crippen LogP contribution in [0.2, 0.25) is 0 Å². The van der Waals surface area contributed by atoms with Gasteiger partial charge in [0.25, 0.3) is 0 Å². The van der Waals surface area contributed by atoms with Crippen molar-refractivity contribution in [1.29, 1.82) is 0 Å². The number of aliphatic hydroxyl groups excluding tert-OH is 2. The predicted molar refractivity (Wildman–Crippen MR) is 132 cm³/mol. The zero-order chi connectivity index (χ0) is 24.4. The molecule has 9 atom stereocenters. The van der Waals surface area contributed by atoms with Crippen LogP contribution < -0.4 is 0 Å². The largest absolute Gasteiger partial charge is 0.390 e. The van der Waals surface area contributed by atoms with Crippen LogP contribution in [0.15, 0.2) is 30.6 Å². The smallest absolute Gasteiger partial charge is 0.102 e. The lowest BCUT2D eigenvalue weighted by atomic mass is 9.51. The highest BCUT2D eigenvalue weighted by Crippen LogP contribution is 2.71. The Hall–Kier alpha value is -1.77. The number of rotatable bonds is 2. The number of H-pyrrole nitrogens is 1. The van der Waals surface area contributed by atoms with E-state index in [9.17, 15) is 15.3 Å². The second kappa shape index (κ2) is 6.95. The normalized spacial score (nSPS) is 48.5. The Morgan fingerprint density at radius 1 is 1.09 bits per heavy atom. The number of allylic oxidation sites excluding steroid dienone is 2. The topological polar surface area (TPSA) is 102 Å². The first kappa shape index (κ1) is 22.4. The summed E-state index contributed by atoms with van der Waals surface area (Å²) in [6, 6.07) is 6.30. The van der Waals surface area contributed by atoms with Gasteiger partial charge in [-0.25, -0.2) is 4.98 Å². The molecule has 2 saturated heterocycles. The summed E-state index contributed by atoms with van der Waals surface area (Å²) in [5.41, 5.74) is 2.41. The number of aromatic amines is 1. The van der Waals surface area contributed by atoms with Crippen molar-refractivity contribution < 1.29 is 20.1 Å². The quantitative estimate of drug-likeness (QED) is 0.528. The maximum Gasteiger partial charge on any atom is 0.102 e.